The van der Waals surface area contributed by atoms with Crippen LogP contribution in [0.15, 0.2) is 199 Å². The van der Waals surface area contributed by atoms with E-state index in [1.54, 1.807) is 0 Å². The van der Waals surface area contributed by atoms with Gasteiger partial charge in [-0.1, -0.05) is 172 Å². The molecule has 0 spiro atoms. The van der Waals surface area contributed by atoms with Gasteiger partial charge in [0, 0.05) is 38.5 Å². The highest BCUT2D eigenvalue weighted by molar-refractivity contribution is 6.21. The standard InChI is InChI=1S/C57H44N4/c1-57(2)47-22-12-14-24-50(47)60(43-18-7-4-8-19-43)51-33-31-41(35-48(51)57)42-29-32-46-53(36-42)61(52-34-30-39-17-9-10-20-44(39)54(46)52)56-58-49-23-13-11-21-45(49)55(59-56)40-27-25-38(26-28-40)37-15-5-3-6-16-37/h3-13,15-18,20-23,25-36,43H,14,19,24H2,1-2H3. The zero-order chi connectivity index (χ0) is 40.7. The van der Waals surface area contributed by atoms with Crippen LogP contribution in [-0.2, 0) is 5.41 Å². The summed E-state index contributed by atoms with van der Waals surface area (Å²) in [5.41, 5.74) is 15.3. The molecule has 0 saturated heterocycles. The molecule has 3 aliphatic rings. The van der Waals surface area contributed by atoms with Crippen molar-refractivity contribution in [3.05, 3.63) is 205 Å². The number of hydrogen-bond donors (Lipinski definition) is 0. The average molecular weight is 785 g/mol. The van der Waals surface area contributed by atoms with Gasteiger partial charge in [0.2, 0.25) is 5.95 Å². The van der Waals surface area contributed by atoms with Crippen LogP contribution in [0.25, 0.3) is 82.9 Å². The largest absolute Gasteiger partial charge is 0.337 e. The van der Waals surface area contributed by atoms with Crippen LogP contribution < -0.4 is 4.90 Å². The van der Waals surface area contributed by atoms with Gasteiger partial charge in [-0.15, -0.1) is 0 Å². The van der Waals surface area contributed by atoms with E-state index in [9.17, 15) is 0 Å². The first kappa shape index (κ1) is 35.6. The van der Waals surface area contributed by atoms with Crippen LogP contribution >= 0.6 is 0 Å². The molecule has 292 valence electrons. The first-order valence-electron chi connectivity index (χ1n) is 21.6. The zero-order valence-corrected chi connectivity index (χ0v) is 34.4. The third-order valence-corrected chi connectivity index (χ3v) is 13.4. The number of aromatic nitrogens is 3. The molecule has 0 saturated carbocycles. The molecule has 0 bridgehead atoms. The van der Waals surface area contributed by atoms with Gasteiger partial charge in [-0.3, -0.25) is 4.57 Å². The fraction of sp³-hybridized carbons (Fsp3) is 0.123. The van der Waals surface area contributed by atoms with E-state index < -0.39 is 0 Å². The molecule has 0 N–H and O–H groups in total. The molecule has 2 aliphatic carbocycles. The number of allylic oxidation sites excluding steroid dienone is 6. The lowest BCUT2D eigenvalue weighted by Gasteiger charge is -2.47. The summed E-state index contributed by atoms with van der Waals surface area (Å²) in [5.74, 6) is 0.661. The monoisotopic (exact) mass is 784 g/mol. The van der Waals surface area contributed by atoms with Gasteiger partial charge >= 0.3 is 0 Å². The van der Waals surface area contributed by atoms with Gasteiger partial charge in [0.25, 0.3) is 0 Å². The second-order valence-electron chi connectivity index (χ2n) is 17.2. The summed E-state index contributed by atoms with van der Waals surface area (Å²) in [6.07, 6.45) is 17.0. The Labute approximate surface area is 356 Å². The molecule has 9 aromatic rings. The van der Waals surface area contributed by atoms with E-state index in [1.165, 1.54) is 66.3 Å². The van der Waals surface area contributed by atoms with Crippen molar-refractivity contribution in [2.24, 2.45) is 0 Å². The first-order valence-corrected chi connectivity index (χ1v) is 21.6. The van der Waals surface area contributed by atoms with Crippen molar-refractivity contribution in [1.82, 2.24) is 14.5 Å². The van der Waals surface area contributed by atoms with Crippen LogP contribution in [0.2, 0.25) is 0 Å². The van der Waals surface area contributed by atoms with Gasteiger partial charge in [-0.25, -0.2) is 9.97 Å². The van der Waals surface area contributed by atoms with E-state index in [0.717, 1.165) is 52.5 Å². The maximum absolute atomic E-state index is 5.49. The molecule has 4 heteroatoms. The Morgan fingerprint density at radius 1 is 0.590 bits per heavy atom. The Hall–Kier alpha value is -7.30. The summed E-state index contributed by atoms with van der Waals surface area (Å²) >= 11 is 0. The highest BCUT2D eigenvalue weighted by Crippen LogP contribution is 2.51. The highest BCUT2D eigenvalue weighted by Gasteiger charge is 2.40. The Morgan fingerprint density at radius 2 is 1.33 bits per heavy atom. The summed E-state index contributed by atoms with van der Waals surface area (Å²) in [4.78, 5) is 13.5. The van der Waals surface area contributed by atoms with Gasteiger partial charge in [0.05, 0.1) is 28.3 Å². The summed E-state index contributed by atoms with van der Waals surface area (Å²) in [5, 5.41) is 5.87. The van der Waals surface area contributed by atoms with Gasteiger partial charge in [-0.2, -0.15) is 0 Å². The minimum atomic E-state index is -0.144. The van der Waals surface area contributed by atoms with Crippen molar-refractivity contribution in [3.63, 3.8) is 0 Å². The van der Waals surface area contributed by atoms with Crippen LogP contribution in [0.5, 0.6) is 0 Å². The lowest BCUT2D eigenvalue weighted by Crippen LogP contribution is -2.42. The quantitative estimate of drug-likeness (QED) is 0.174. The van der Waals surface area contributed by atoms with Gasteiger partial charge in [0.15, 0.2) is 0 Å². The number of fused-ring (bicyclic) bond motifs is 7. The Kier molecular flexibility index (Phi) is 8.11. The number of nitrogens with zero attached hydrogens (tertiary/aromatic N) is 4. The molecule has 0 radical (unpaired) electrons. The molecule has 1 atom stereocenters. The van der Waals surface area contributed by atoms with Crippen molar-refractivity contribution in [3.8, 4) is 39.5 Å². The summed E-state index contributed by atoms with van der Waals surface area (Å²) in [7, 11) is 0. The summed E-state index contributed by atoms with van der Waals surface area (Å²) in [6, 6.07) is 55.4. The third-order valence-electron chi connectivity index (χ3n) is 13.4. The number of benzene rings is 7. The van der Waals surface area contributed by atoms with Crippen molar-refractivity contribution in [1.29, 1.82) is 0 Å². The zero-order valence-electron chi connectivity index (χ0n) is 34.4. The lowest BCUT2D eigenvalue weighted by atomic mass is 9.70. The van der Waals surface area contributed by atoms with Crippen LogP contribution in [0.1, 0.15) is 38.7 Å². The minimum Gasteiger partial charge on any atom is -0.337 e. The molecule has 7 aromatic carbocycles. The third kappa shape index (κ3) is 5.66. The predicted molar refractivity (Wildman–Crippen MR) is 255 cm³/mol. The van der Waals surface area contributed by atoms with Crippen molar-refractivity contribution >= 4 is 49.2 Å². The van der Waals surface area contributed by atoms with Crippen LogP contribution in [0, 0.1) is 0 Å². The van der Waals surface area contributed by atoms with Crippen LogP contribution in [-0.4, -0.2) is 20.6 Å². The second kappa shape index (κ2) is 13.9. The fourth-order valence-electron chi connectivity index (χ4n) is 10.3. The number of para-hydroxylation sites is 1. The molecule has 1 aliphatic heterocycles. The van der Waals surface area contributed by atoms with Crippen molar-refractivity contribution in [2.75, 3.05) is 4.90 Å². The van der Waals surface area contributed by atoms with Gasteiger partial charge in [-0.05, 0) is 93.8 Å². The predicted octanol–water partition coefficient (Wildman–Crippen LogP) is 14.5. The van der Waals surface area contributed by atoms with Crippen molar-refractivity contribution in [2.45, 2.75) is 44.6 Å². The van der Waals surface area contributed by atoms with E-state index in [4.69, 9.17) is 9.97 Å². The van der Waals surface area contributed by atoms with E-state index >= 15 is 0 Å². The topological polar surface area (TPSA) is 34.0 Å². The fourth-order valence-corrected chi connectivity index (χ4v) is 10.3. The van der Waals surface area contributed by atoms with Gasteiger partial charge in [0.1, 0.15) is 0 Å². The Bertz CT molecular complexity index is 3360. The van der Waals surface area contributed by atoms with Gasteiger partial charge < -0.3 is 4.90 Å². The highest BCUT2D eigenvalue weighted by atomic mass is 15.2. The molecule has 12 rings (SSSR count). The maximum atomic E-state index is 5.49. The smallest absolute Gasteiger partial charge is 0.235 e. The molecule has 61 heavy (non-hydrogen) atoms. The molecule has 0 fully saturated rings. The molecule has 2 aromatic heterocycles. The molecule has 4 nitrogen and oxygen atoms in total. The Morgan fingerprint density at radius 3 is 2.18 bits per heavy atom. The van der Waals surface area contributed by atoms with Crippen LogP contribution in [0.3, 0.4) is 0 Å². The number of rotatable bonds is 5. The Balaban J connectivity index is 1.06. The first-order chi connectivity index (χ1) is 30.0. The number of hydrogen-bond acceptors (Lipinski definition) is 3. The molecule has 0 amide bonds. The second-order valence-corrected chi connectivity index (χ2v) is 17.2. The van der Waals surface area contributed by atoms with E-state index in [2.05, 4.69) is 211 Å². The molecule has 1 unspecified atom stereocenters. The SMILES string of the molecule is CC1(C)C2=C(CCC=C2)N(C2C=CC=CC2)c2ccc(-c3ccc4c5c6ccccc6ccc5n(-c5nc(-c6ccc(-c7ccccc7)cc6)c6ccccc6n5)c4c3)cc21. The lowest BCUT2D eigenvalue weighted by molar-refractivity contribution is 0.576. The van der Waals surface area contributed by atoms with E-state index in [0.29, 0.717) is 12.0 Å². The van der Waals surface area contributed by atoms with Crippen LogP contribution in [0.4, 0.5) is 5.69 Å². The number of anilines is 1. The molecule has 3 heterocycles. The average Bonchev–Trinajstić information content (AvgIpc) is 3.66. The van der Waals surface area contributed by atoms with E-state index in [-0.39, 0.29) is 5.41 Å². The normalized spacial score (nSPS) is 16.8. The summed E-state index contributed by atoms with van der Waals surface area (Å²) in [6.45, 7) is 4.81. The maximum Gasteiger partial charge on any atom is 0.235 e. The molecular formula is C57H44N4. The minimum absolute atomic E-state index is 0.144. The molecular weight excluding hydrogens is 741 g/mol. The summed E-state index contributed by atoms with van der Waals surface area (Å²) < 4.78 is 2.30. The van der Waals surface area contributed by atoms with E-state index in [1.807, 2.05) is 0 Å². The van der Waals surface area contributed by atoms with Crippen molar-refractivity contribution < 1.29 is 0 Å².